The van der Waals surface area contributed by atoms with Gasteiger partial charge in [0, 0.05) is 37.8 Å². The minimum atomic E-state index is -1.28. The molecule has 0 saturated carbocycles. The first kappa shape index (κ1) is 13.3. The molecular formula is C12H14F4N2. The summed E-state index contributed by atoms with van der Waals surface area (Å²) in [7, 11) is 0. The van der Waals surface area contributed by atoms with Crippen LogP contribution in [0.25, 0.3) is 0 Å². The summed E-state index contributed by atoms with van der Waals surface area (Å²) in [6.07, 6.45) is 0. The average molecular weight is 262 g/mol. The topological polar surface area (TPSA) is 15.3 Å². The number of nitrogens with zero attached hydrogens (tertiary/aromatic N) is 1. The van der Waals surface area contributed by atoms with E-state index in [1.165, 1.54) is 0 Å². The van der Waals surface area contributed by atoms with Crippen LogP contribution in [0.5, 0.6) is 0 Å². The maximum atomic E-state index is 13.6. The Hall–Kier alpha value is -1.14. The lowest BCUT2D eigenvalue weighted by molar-refractivity contribution is 0.143. The first-order valence-electron chi connectivity index (χ1n) is 5.78. The Labute approximate surface area is 103 Å². The van der Waals surface area contributed by atoms with E-state index in [2.05, 4.69) is 5.32 Å². The number of alkyl halides is 1. The fourth-order valence-corrected chi connectivity index (χ4v) is 2.19. The van der Waals surface area contributed by atoms with Crippen molar-refractivity contribution in [1.82, 2.24) is 10.2 Å². The number of benzene rings is 1. The van der Waals surface area contributed by atoms with Gasteiger partial charge in [-0.15, -0.1) is 0 Å². The summed E-state index contributed by atoms with van der Waals surface area (Å²) in [6, 6.07) is 0.397. The highest BCUT2D eigenvalue weighted by Gasteiger charge is 2.26. The maximum Gasteiger partial charge on any atom is 0.163 e. The van der Waals surface area contributed by atoms with Crippen LogP contribution in [0, 0.1) is 17.5 Å². The van der Waals surface area contributed by atoms with Crippen molar-refractivity contribution in [2.24, 2.45) is 0 Å². The van der Waals surface area contributed by atoms with Crippen LogP contribution < -0.4 is 5.32 Å². The molecule has 1 aromatic rings. The van der Waals surface area contributed by atoms with Gasteiger partial charge < -0.3 is 5.32 Å². The van der Waals surface area contributed by atoms with E-state index >= 15 is 0 Å². The highest BCUT2D eigenvalue weighted by Crippen LogP contribution is 2.26. The third-order valence-corrected chi connectivity index (χ3v) is 3.12. The molecule has 1 heterocycles. The smallest absolute Gasteiger partial charge is 0.163 e. The molecule has 0 aliphatic carbocycles. The van der Waals surface area contributed by atoms with E-state index in [-0.39, 0.29) is 5.56 Å². The average Bonchev–Trinajstić information content (AvgIpc) is 2.37. The van der Waals surface area contributed by atoms with Gasteiger partial charge in [-0.25, -0.2) is 17.6 Å². The molecule has 0 aromatic heterocycles. The van der Waals surface area contributed by atoms with Crippen molar-refractivity contribution < 1.29 is 17.6 Å². The zero-order chi connectivity index (χ0) is 13.1. The number of hydrogen-bond donors (Lipinski definition) is 1. The van der Waals surface area contributed by atoms with Crippen LogP contribution in [-0.2, 0) is 0 Å². The van der Waals surface area contributed by atoms with Crippen molar-refractivity contribution in [3.63, 3.8) is 0 Å². The van der Waals surface area contributed by atoms with E-state index in [4.69, 9.17) is 0 Å². The highest BCUT2D eigenvalue weighted by atomic mass is 19.2. The van der Waals surface area contributed by atoms with Gasteiger partial charge in [0.15, 0.2) is 11.6 Å². The fourth-order valence-electron chi connectivity index (χ4n) is 2.19. The quantitative estimate of drug-likeness (QED) is 0.662. The standard InChI is InChI=1S/C12H14F4N2/c13-7-11(18-3-1-17-2-4-18)9-5-8(14)6-10(15)12(9)16/h5-6,11,17H,1-4,7H2/t11-/m0/s1. The van der Waals surface area contributed by atoms with Crippen LogP contribution >= 0.6 is 0 Å². The largest absolute Gasteiger partial charge is 0.314 e. The lowest BCUT2D eigenvalue weighted by atomic mass is 10.0. The van der Waals surface area contributed by atoms with E-state index in [0.717, 1.165) is 6.07 Å². The highest BCUT2D eigenvalue weighted by molar-refractivity contribution is 5.24. The van der Waals surface area contributed by atoms with Crippen LogP contribution in [0.2, 0.25) is 0 Å². The molecule has 1 saturated heterocycles. The molecule has 18 heavy (non-hydrogen) atoms. The minimum Gasteiger partial charge on any atom is -0.314 e. The Bertz CT molecular complexity index is 419. The summed E-state index contributed by atoms with van der Waals surface area (Å²) >= 11 is 0. The van der Waals surface area contributed by atoms with Gasteiger partial charge in [-0.1, -0.05) is 0 Å². The normalized spacial score (nSPS) is 18.9. The van der Waals surface area contributed by atoms with Gasteiger partial charge in [-0.05, 0) is 6.07 Å². The molecule has 100 valence electrons. The van der Waals surface area contributed by atoms with Crippen LogP contribution in [0.1, 0.15) is 11.6 Å². The van der Waals surface area contributed by atoms with Gasteiger partial charge in [0.2, 0.25) is 0 Å². The van der Waals surface area contributed by atoms with E-state index in [1.807, 2.05) is 0 Å². The summed E-state index contributed by atoms with van der Waals surface area (Å²) < 4.78 is 53.0. The Kier molecular flexibility index (Phi) is 4.19. The third kappa shape index (κ3) is 2.64. The fraction of sp³-hybridized carbons (Fsp3) is 0.500. The zero-order valence-corrected chi connectivity index (χ0v) is 9.73. The van der Waals surface area contributed by atoms with Crippen molar-refractivity contribution >= 4 is 0 Å². The Morgan fingerprint density at radius 3 is 2.44 bits per heavy atom. The molecule has 2 rings (SSSR count). The second-order valence-corrected chi connectivity index (χ2v) is 4.25. The van der Waals surface area contributed by atoms with E-state index in [0.29, 0.717) is 32.2 Å². The van der Waals surface area contributed by atoms with Crippen molar-refractivity contribution in [1.29, 1.82) is 0 Å². The molecule has 1 aliphatic rings. The second-order valence-electron chi connectivity index (χ2n) is 4.25. The summed E-state index contributed by atoms with van der Waals surface area (Å²) in [4.78, 5) is 1.69. The summed E-state index contributed by atoms with van der Waals surface area (Å²) in [5, 5.41) is 3.08. The Morgan fingerprint density at radius 2 is 1.83 bits per heavy atom. The van der Waals surface area contributed by atoms with E-state index in [1.54, 1.807) is 4.90 Å². The second kappa shape index (κ2) is 5.67. The summed E-state index contributed by atoms with van der Waals surface area (Å²) in [6.45, 7) is 1.46. The van der Waals surface area contributed by atoms with Gasteiger partial charge in [0.25, 0.3) is 0 Å². The van der Waals surface area contributed by atoms with E-state index < -0.39 is 30.2 Å². The van der Waals surface area contributed by atoms with Gasteiger partial charge in [0.1, 0.15) is 12.5 Å². The lowest BCUT2D eigenvalue weighted by Gasteiger charge is -2.33. The molecular weight excluding hydrogens is 248 g/mol. The van der Waals surface area contributed by atoms with E-state index in [9.17, 15) is 17.6 Å². The first-order chi connectivity index (χ1) is 8.63. The number of halogens is 4. The maximum absolute atomic E-state index is 13.6. The molecule has 2 nitrogen and oxygen atoms in total. The SMILES string of the molecule is FC[C@@H](c1cc(F)cc(F)c1F)N1CCNCC1. The molecule has 0 amide bonds. The predicted octanol–water partition coefficient (Wildman–Crippen LogP) is 2.02. The molecule has 1 aromatic carbocycles. The predicted molar refractivity (Wildman–Crippen MR) is 59.5 cm³/mol. The van der Waals surface area contributed by atoms with Gasteiger partial charge in [-0.3, -0.25) is 4.90 Å². The van der Waals surface area contributed by atoms with Crippen molar-refractivity contribution in [2.45, 2.75) is 6.04 Å². The molecule has 6 heteroatoms. The molecule has 0 bridgehead atoms. The minimum absolute atomic E-state index is 0.253. The zero-order valence-electron chi connectivity index (χ0n) is 9.73. The number of rotatable bonds is 3. The number of piperazine rings is 1. The van der Waals surface area contributed by atoms with Gasteiger partial charge in [0.05, 0.1) is 6.04 Å². The third-order valence-electron chi connectivity index (χ3n) is 3.12. The lowest BCUT2D eigenvalue weighted by Crippen LogP contribution is -2.46. The monoisotopic (exact) mass is 262 g/mol. The van der Waals surface area contributed by atoms with Crippen molar-refractivity contribution in [3.8, 4) is 0 Å². The summed E-state index contributed by atoms with van der Waals surface area (Å²) in [5.41, 5.74) is -0.253. The molecule has 1 aliphatic heterocycles. The molecule has 0 spiro atoms. The molecule has 0 unspecified atom stereocenters. The van der Waals surface area contributed by atoms with Gasteiger partial charge >= 0.3 is 0 Å². The van der Waals surface area contributed by atoms with Gasteiger partial charge in [-0.2, -0.15) is 0 Å². The molecule has 0 radical (unpaired) electrons. The van der Waals surface area contributed by atoms with Crippen molar-refractivity contribution in [2.75, 3.05) is 32.9 Å². The Morgan fingerprint density at radius 1 is 1.17 bits per heavy atom. The first-order valence-corrected chi connectivity index (χ1v) is 5.78. The molecule has 1 atom stereocenters. The van der Waals surface area contributed by atoms with Crippen molar-refractivity contribution in [3.05, 3.63) is 35.1 Å². The number of hydrogen-bond acceptors (Lipinski definition) is 2. The van der Waals surface area contributed by atoms with Crippen LogP contribution in [-0.4, -0.2) is 37.8 Å². The van der Waals surface area contributed by atoms with Crippen LogP contribution in [0.3, 0.4) is 0 Å². The van der Waals surface area contributed by atoms with Crippen LogP contribution in [0.4, 0.5) is 17.6 Å². The molecule has 1 fully saturated rings. The van der Waals surface area contributed by atoms with Crippen LogP contribution in [0.15, 0.2) is 12.1 Å². The molecule has 1 N–H and O–H groups in total. The Balaban J connectivity index is 2.31. The number of nitrogens with one attached hydrogen (secondary N) is 1. The summed E-state index contributed by atoms with van der Waals surface area (Å²) in [5.74, 6) is -3.34.